The van der Waals surface area contributed by atoms with Crippen LogP contribution in [0.1, 0.15) is 37.8 Å². The molecule has 1 heterocycles. The number of nitrogens with zero attached hydrogens (tertiary/aromatic N) is 1. The summed E-state index contributed by atoms with van der Waals surface area (Å²) < 4.78 is 5.56. The van der Waals surface area contributed by atoms with E-state index in [1.165, 1.54) is 31.4 Å². The quantitative estimate of drug-likeness (QED) is 0.863. The van der Waals surface area contributed by atoms with Crippen LogP contribution in [0, 0.1) is 5.92 Å². The molecule has 0 bridgehead atoms. The van der Waals surface area contributed by atoms with Gasteiger partial charge in [0.15, 0.2) is 0 Å². The van der Waals surface area contributed by atoms with Crippen molar-refractivity contribution in [3.8, 4) is 5.75 Å². The number of hydrogen-bond acceptors (Lipinski definition) is 3. The third-order valence-corrected chi connectivity index (χ3v) is 4.58. The lowest BCUT2D eigenvalue weighted by molar-refractivity contribution is 0.217. The van der Waals surface area contributed by atoms with E-state index in [0.29, 0.717) is 6.04 Å². The molecule has 1 saturated carbocycles. The summed E-state index contributed by atoms with van der Waals surface area (Å²) in [5.41, 5.74) is 1.46. The van der Waals surface area contributed by atoms with Crippen LogP contribution in [0.3, 0.4) is 0 Å². The van der Waals surface area contributed by atoms with Gasteiger partial charge < -0.3 is 10.1 Å². The first-order chi connectivity index (χ1) is 9.83. The van der Waals surface area contributed by atoms with Crippen LogP contribution < -0.4 is 10.1 Å². The first-order valence-corrected chi connectivity index (χ1v) is 7.96. The SMILES string of the molecule is CCOc1ccc(C2C(CNC)CCN2C2CC2)cc1. The molecule has 1 saturated heterocycles. The van der Waals surface area contributed by atoms with E-state index < -0.39 is 0 Å². The molecule has 1 aromatic rings. The zero-order chi connectivity index (χ0) is 13.9. The Bertz CT molecular complexity index is 427. The van der Waals surface area contributed by atoms with Gasteiger partial charge in [0, 0.05) is 12.1 Å². The van der Waals surface area contributed by atoms with Crippen molar-refractivity contribution in [3.63, 3.8) is 0 Å². The van der Waals surface area contributed by atoms with Gasteiger partial charge in [0.1, 0.15) is 5.75 Å². The first kappa shape index (κ1) is 13.9. The highest BCUT2D eigenvalue weighted by atomic mass is 16.5. The van der Waals surface area contributed by atoms with Gasteiger partial charge in [-0.05, 0) is 69.9 Å². The summed E-state index contributed by atoms with van der Waals surface area (Å²) in [5.74, 6) is 1.72. The largest absolute Gasteiger partial charge is 0.494 e. The lowest BCUT2D eigenvalue weighted by atomic mass is 9.93. The Hall–Kier alpha value is -1.06. The number of ether oxygens (including phenoxy) is 1. The second kappa shape index (κ2) is 6.15. The second-order valence-electron chi connectivity index (χ2n) is 6.02. The van der Waals surface area contributed by atoms with Gasteiger partial charge in [0.25, 0.3) is 0 Å². The molecule has 0 spiro atoms. The number of nitrogens with one attached hydrogen (secondary N) is 1. The molecule has 1 aliphatic carbocycles. The van der Waals surface area contributed by atoms with Crippen LogP contribution in [-0.4, -0.2) is 37.7 Å². The maximum absolute atomic E-state index is 5.56. The monoisotopic (exact) mass is 274 g/mol. The summed E-state index contributed by atoms with van der Waals surface area (Å²) in [6.07, 6.45) is 4.09. The summed E-state index contributed by atoms with van der Waals surface area (Å²) in [5, 5.41) is 3.37. The molecule has 0 aromatic heterocycles. The van der Waals surface area contributed by atoms with Crippen molar-refractivity contribution in [3.05, 3.63) is 29.8 Å². The molecule has 1 aromatic carbocycles. The van der Waals surface area contributed by atoms with Crippen molar-refractivity contribution in [2.45, 2.75) is 38.3 Å². The Morgan fingerprint density at radius 2 is 1.95 bits per heavy atom. The van der Waals surface area contributed by atoms with E-state index in [-0.39, 0.29) is 0 Å². The average molecular weight is 274 g/mol. The molecule has 3 heteroatoms. The molecule has 0 amide bonds. The van der Waals surface area contributed by atoms with Crippen LogP contribution in [0.5, 0.6) is 5.75 Å². The topological polar surface area (TPSA) is 24.5 Å². The van der Waals surface area contributed by atoms with Crippen LogP contribution >= 0.6 is 0 Å². The second-order valence-corrected chi connectivity index (χ2v) is 6.02. The van der Waals surface area contributed by atoms with Gasteiger partial charge in [-0.1, -0.05) is 12.1 Å². The zero-order valence-electron chi connectivity index (χ0n) is 12.6. The minimum absolute atomic E-state index is 0.589. The van der Waals surface area contributed by atoms with Crippen LogP contribution in [0.15, 0.2) is 24.3 Å². The predicted molar refractivity (Wildman–Crippen MR) is 82.1 cm³/mol. The summed E-state index contributed by atoms with van der Waals surface area (Å²) in [6.45, 7) is 5.14. The molecule has 3 rings (SSSR count). The Morgan fingerprint density at radius 3 is 2.55 bits per heavy atom. The van der Waals surface area contributed by atoms with Crippen LogP contribution in [0.4, 0.5) is 0 Å². The molecule has 0 radical (unpaired) electrons. The van der Waals surface area contributed by atoms with Crippen LogP contribution in [0.25, 0.3) is 0 Å². The molecule has 2 atom stereocenters. The van der Waals surface area contributed by atoms with Gasteiger partial charge in [-0.25, -0.2) is 0 Å². The minimum atomic E-state index is 0.589. The van der Waals surface area contributed by atoms with Crippen LogP contribution in [-0.2, 0) is 0 Å². The standard InChI is InChI=1S/C17H26N2O/c1-3-20-16-8-4-13(5-9-16)17-14(12-18-2)10-11-19(17)15-6-7-15/h4-5,8-9,14-15,17-18H,3,6-7,10-12H2,1-2H3. The van der Waals surface area contributed by atoms with E-state index in [1.807, 2.05) is 6.92 Å². The average Bonchev–Trinajstić information content (AvgIpc) is 3.22. The minimum Gasteiger partial charge on any atom is -0.494 e. The van der Waals surface area contributed by atoms with E-state index in [4.69, 9.17) is 4.74 Å². The van der Waals surface area contributed by atoms with Gasteiger partial charge in [0.2, 0.25) is 0 Å². The summed E-state index contributed by atoms with van der Waals surface area (Å²) in [6, 6.07) is 10.2. The fourth-order valence-electron chi connectivity index (χ4n) is 3.57. The van der Waals surface area contributed by atoms with Gasteiger partial charge in [0.05, 0.1) is 6.61 Å². The fourth-order valence-corrected chi connectivity index (χ4v) is 3.57. The maximum Gasteiger partial charge on any atom is 0.119 e. The Kier molecular flexibility index (Phi) is 4.27. The van der Waals surface area contributed by atoms with E-state index >= 15 is 0 Å². The first-order valence-electron chi connectivity index (χ1n) is 7.96. The molecule has 1 aliphatic heterocycles. The highest BCUT2D eigenvalue weighted by molar-refractivity contribution is 5.30. The Morgan fingerprint density at radius 1 is 1.20 bits per heavy atom. The van der Waals surface area contributed by atoms with E-state index in [0.717, 1.165) is 30.9 Å². The van der Waals surface area contributed by atoms with Crippen molar-refractivity contribution < 1.29 is 4.74 Å². The van der Waals surface area contributed by atoms with Crippen molar-refractivity contribution in [1.82, 2.24) is 10.2 Å². The lowest BCUT2D eigenvalue weighted by Crippen LogP contribution is -2.30. The third kappa shape index (κ3) is 2.84. The molecule has 1 N–H and O–H groups in total. The van der Waals surface area contributed by atoms with E-state index in [2.05, 4.69) is 41.5 Å². The van der Waals surface area contributed by atoms with Gasteiger partial charge in [-0.3, -0.25) is 4.90 Å². The van der Waals surface area contributed by atoms with Gasteiger partial charge >= 0.3 is 0 Å². The smallest absolute Gasteiger partial charge is 0.119 e. The highest BCUT2D eigenvalue weighted by Crippen LogP contribution is 2.44. The summed E-state index contributed by atoms with van der Waals surface area (Å²) >= 11 is 0. The molecule has 3 nitrogen and oxygen atoms in total. The summed E-state index contributed by atoms with van der Waals surface area (Å²) in [7, 11) is 2.06. The van der Waals surface area contributed by atoms with E-state index in [1.54, 1.807) is 0 Å². The van der Waals surface area contributed by atoms with Gasteiger partial charge in [-0.2, -0.15) is 0 Å². The molecule has 20 heavy (non-hydrogen) atoms. The van der Waals surface area contributed by atoms with Gasteiger partial charge in [-0.15, -0.1) is 0 Å². The highest BCUT2D eigenvalue weighted by Gasteiger charge is 2.42. The Balaban J connectivity index is 1.79. The van der Waals surface area contributed by atoms with Crippen molar-refractivity contribution in [2.24, 2.45) is 5.92 Å². The van der Waals surface area contributed by atoms with Crippen LogP contribution in [0.2, 0.25) is 0 Å². The molecular weight excluding hydrogens is 248 g/mol. The molecule has 2 fully saturated rings. The number of hydrogen-bond donors (Lipinski definition) is 1. The lowest BCUT2D eigenvalue weighted by Gasteiger charge is -2.29. The van der Waals surface area contributed by atoms with Crippen molar-refractivity contribution >= 4 is 0 Å². The zero-order valence-corrected chi connectivity index (χ0v) is 12.6. The molecule has 2 unspecified atom stereocenters. The molecular formula is C17H26N2O. The number of rotatable bonds is 6. The molecule has 2 aliphatic rings. The number of benzene rings is 1. The normalized spacial score (nSPS) is 26.9. The third-order valence-electron chi connectivity index (χ3n) is 4.58. The predicted octanol–water partition coefficient (Wildman–Crippen LogP) is 2.83. The number of likely N-dealkylation sites (tertiary alicyclic amines) is 1. The molecule has 110 valence electrons. The van der Waals surface area contributed by atoms with E-state index in [9.17, 15) is 0 Å². The maximum atomic E-state index is 5.56. The fraction of sp³-hybridized carbons (Fsp3) is 0.647. The Labute approximate surface area is 122 Å². The summed E-state index contributed by atoms with van der Waals surface area (Å²) in [4.78, 5) is 2.73. The van der Waals surface area contributed by atoms with Crippen molar-refractivity contribution in [1.29, 1.82) is 0 Å². The van der Waals surface area contributed by atoms with Crippen molar-refractivity contribution in [2.75, 3.05) is 26.7 Å².